The quantitative estimate of drug-likeness (QED) is 0.0437. The highest BCUT2D eigenvalue weighted by molar-refractivity contribution is 6.02. The molecule has 7 rings (SSSR count). The molecular weight excluding hydrogens is 925 g/mol. The van der Waals surface area contributed by atoms with E-state index in [2.05, 4.69) is 31.9 Å². The second-order valence-electron chi connectivity index (χ2n) is 16.3. The molecule has 2 heterocycles. The summed E-state index contributed by atoms with van der Waals surface area (Å²) in [5, 5.41) is 33.8. The van der Waals surface area contributed by atoms with Crippen LogP contribution in [-0.4, -0.2) is 88.1 Å². The van der Waals surface area contributed by atoms with E-state index in [1.54, 1.807) is 84.9 Å². The van der Waals surface area contributed by atoms with E-state index in [-0.39, 0.29) is 41.7 Å². The molecule has 6 amide bonds. The molecule has 366 valence electrons. The smallest absolute Gasteiger partial charge is 0.408 e. The number of alkyl carbamates (subject to hydrolysis) is 2. The first-order valence-electron chi connectivity index (χ1n) is 21.9. The summed E-state index contributed by atoms with van der Waals surface area (Å²) in [5.41, 5.74) is 1.14. The number of carboxylic acids is 2. The average molecular weight is 971 g/mol. The number of hydrogen-bond acceptors (Lipinski definition) is 13. The lowest BCUT2D eigenvalue weighted by Crippen LogP contribution is -2.52. The first kappa shape index (κ1) is 49.6. The highest BCUT2D eigenvalue weighted by Crippen LogP contribution is 2.56. The predicted molar refractivity (Wildman–Crippen MR) is 249 cm³/mol. The van der Waals surface area contributed by atoms with Crippen molar-refractivity contribution >= 4 is 65.1 Å². The fourth-order valence-corrected chi connectivity index (χ4v) is 7.67. The van der Waals surface area contributed by atoms with Gasteiger partial charge in [-0.05, 0) is 55.3 Å². The van der Waals surface area contributed by atoms with Gasteiger partial charge in [0.05, 0.1) is 18.4 Å². The molecule has 0 saturated carbocycles. The van der Waals surface area contributed by atoms with Gasteiger partial charge in [0.25, 0.3) is 0 Å². The molecule has 0 aliphatic carbocycles. The molecule has 2 aliphatic rings. The summed E-state index contributed by atoms with van der Waals surface area (Å²) in [6, 6.07) is 27.0. The van der Waals surface area contributed by atoms with Crippen molar-refractivity contribution in [2.75, 3.05) is 10.6 Å². The third-order valence-electron chi connectivity index (χ3n) is 11.2. The molecule has 0 unspecified atom stereocenters. The summed E-state index contributed by atoms with van der Waals surface area (Å²) in [6.07, 6.45) is -3.56. The Balaban J connectivity index is 1.08. The van der Waals surface area contributed by atoms with Gasteiger partial charge in [-0.2, -0.15) is 0 Å². The number of benzene rings is 5. The van der Waals surface area contributed by atoms with E-state index in [9.17, 15) is 53.4 Å². The minimum atomic E-state index is -1.64. The zero-order valence-electron chi connectivity index (χ0n) is 37.9. The summed E-state index contributed by atoms with van der Waals surface area (Å²) in [6.45, 7) is 2.47. The average Bonchev–Trinajstić information content (AvgIpc) is 3.63. The third-order valence-corrected chi connectivity index (χ3v) is 11.2. The van der Waals surface area contributed by atoms with E-state index in [0.717, 1.165) is 0 Å². The minimum Gasteiger partial charge on any atom is -0.481 e. The van der Waals surface area contributed by atoms with Crippen molar-refractivity contribution in [2.45, 2.75) is 69.7 Å². The monoisotopic (exact) mass is 970 g/mol. The number of anilines is 2. The Bertz CT molecular complexity index is 2730. The maximum Gasteiger partial charge on any atom is 0.408 e. The van der Waals surface area contributed by atoms with Gasteiger partial charge in [-0.15, -0.1) is 0 Å². The molecule has 5 aromatic rings. The van der Waals surface area contributed by atoms with Gasteiger partial charge in [-0.3, -0.25) is 28.8 Å². The van der Waals surface area contributed by atoms with E-state index in [1.165, 1.54) is 50.2 Å². The first-order chi connectivity index (χ1) is 34.0. The Kier molecular flexibility index (Phi) is 15.2. The van der Waals surface area contributed by atoms with Crippen molar-refractivity contribution in [3.8, 4) is 11.5 Å². The van der Waals surface area contributed by atoms with Crippen molar-refractivity contribution in [1.29, 1.82) is 0 Å². The second-order valence-corrected chi connectivity index (χ2v) is 16.3. The molecule has 0 aromatic heterocycles. The lowest BCUT2D eigenvalue weighted by Gasteiger charge is -2.37. The Morgan fingerprint density at radius 2 is 0.958 bits per heavy atom. The van der Waals surface area contributed by atoms with E-state index in [1.807, 2.05) is 0 Å². The van der Waals surface area contributed by atoms with E-state index in [4.69, 9.17) is 18.9 Å². The third kappa shape index (κ3) is 11.9. The summed E-state index contributed by atoms with van der Waals surface area (Å²) >= 11 is 0. The number of amides is 6. The Labute approximate surface area is 404 Å². The maximum absolute atomic E-state index is 13.7. The molecular formula is C50H46N6O15. The van der Waals surface area contributed by atoms with Crippen LogP contribution in [0.3, 0.4) is 0 Å². The number of carbonyl (C=O) groups is 9. The molecule has 8 N–H and O–H groups in total. The van der Waals surface area contributed by atoms with Crippen LogP contribution in [-0.2, 0) is 61.8 Å². The summed E-state index contributed by atoms with van der Waals surface area (Å²) in [5.74, 6) is -7.14. The Morgan fingerprint density at radius 3 is 1.39 bits per heavy atom. The molecule has 71 heavy (non-hydrogen) atoms. The fraction of sp³-hybridized carbons (Fsp3) is 0.220. The van der Waals surface area contributed by atoms with Gasteiger partial charge in [-0.1, -0.05) is 78.9 Å². The van der Waals surface area contributed by atoms with Crippen LogP contribution in [0, 0.1) is 0 Å². The fourth-order valence-electron chi connectivity index (χ4n) is 7.67. The van der Waals surface area contributed by atoms with Crippen molar-refractivity contribution < 1.29 is 72.3 Å². The molecule has 0 bridgehead atoms. The van der Waals surface area contributed by atoms with Crippen LogP contribution < -0.4 is 36.6 Å². The number of rotatable bonds is 18. The molecule has 0 radical (unpaired) electrons. The highest BCUT2D eigenvalue weighted by atomic mass is 16.6. The largest absolute Gasteiger partial charge is 0.481 e. The lowest BCUT2D eigenvalue weighted by molar-refractivity contribution is -0.140. The molecule has 5 aromatic carbocycles. The van der Waals surface area contributed by atoms with Crippen molar-refractivity contribution in [3.63, 3.8) is 0 Å². The van der Waals surface area contributed by atoms with Gasteiger partial charge in [0.1, 0.15) is 48.9 Å². The van der Waals surface area contributed by atoms with Gasteiger partial charge < -0.3 is 61.1 Å². The van der Waals surface area contributed by atoms with E-state index < -0.39 is 96.3 Å². The maximum atomic E-state index is 13.7. The first-order valence-corrected chi connectivity index (χ1v) is 21.9. The topological polar surface area (TPSA) is 303 Å². The van der Waals surface area contributed by atoms with Crippen LogP contribution in [0.1, 0.15) is 64.9 Å². The number of aliphatic carboxylic acids is 2. The molecule has 0 fully saturated rings. The van der Waals surface area contributed by atoms with Gasteiger partial charge >= 0.3 is 30.1 Å². The summed E-state index contributed by atoms with van der Waals surface area (Å²) in [7, 11) is 0. The zero-order valence-corrected chi connectivity index (χ0v) is 37.9. The van der Waals surface area contributed by atoms with Crippen molar-refractivity contribution in [1.82, 2.24) is 21.3 Å². The van der Waals surface area contributed by atoms with Crippen LogP contribution in [0.5, 0.6) is 11.5 Å². The van der Waals surface area contributed by atoms with Crippen molar-refractivity contribution in [3.05, 3.63) is 155 Å². The number of fused-ring (bicyclic) bond motifs is 6. The summed E-state index contributed by atoms with van der Waals surface area (Å²) in [4.78, 5) is 116. The normalized spacial score (nSPS) is 14.1. The van der Waals surface area contributed by atoms with Crippen LogP contribution >= 0.6 is 0 Å². The summed E-state index contributed by atoms with van der Waals surface area (Å²) < 4.78 is 22.8. The standard InChI is InChI=1S/C50H46N6O15/c1-27(51-48(66)68-25-29-11-5-3-6-12-29)43(61)55-37(23-41(57)58)45(63)53-31-17-19-35-39(21-31)70-40-22-32(18-20-36(40)50(35)34-16-10-9-15-33(34)47(65)71-50)54-46(64)38(24-42(59)60)56-44(62)28(2)52-49(67)69-26-30-13-7-4-8-14-30/h3-22,27-28,37-38H,23-26H2,1-2H3,(H,51,66)(H,52,67)(H,53,63)(H,54,64)(H,55,61)(H,56,62)(H,57,58)(H,59,60)/t27-,28-,37-,38-/m0/s1. The number of hydrogen-bond donors (Lipinski definition) is 8. The second kappa shape index (κ2) is 21.8. The molecule has 21 nitrogen and oxygen atoms in total. The molecule has 2 aliphatic heterocycles. The molecule has 21 heteroatoms. The SMILES string of the molecule is C[C@H](NC(=O)OCc1ccccc1)C(=O)N[C@@H](CC(=O)O)C(=O)Nc1ccc2c(c1)Oc1cc(NC(=O)[C@H](CC(=O)O)NC(=O)[C@H](C)NC(=O)OCc3ccccc3)ccc1C21OC(=O)c2ccccc21. The minimum absolute atomic E-state index is 0.0359. The van der Waals surface area contributed by atoms with Crippen molar-refractivity contribution in [2.24, 2.45) is 0 Å². The van der Waals surface area contributed by atoms with Crippen LogP contribution in [0.15, 0.2) is 121 Å². The highest BCUT2D eigenvalue weighted by Gasteiger charge is 2.53. The van der Waals surface area contributed by atoms with Crippen LogP contribution in [0.25, 0.3) is 0 Å². The number of carbonyl (C=O) groups excluding carboxylic acids is 7. The Morgan fingerprint density at radius 1 is 0.535 bits per heavy atom. The van der Waals surface area contributed by atoms with E-state index in [0.29, 0.717) is 27.8 Å². The number of carboxylic acid groups (broad SMARTS) is 2. The number of nitrogens with one attached hydrogen (secondary N) is 6. The Hall–Kier alpha value is -9.27. The molecule has 4 atom stereocenters. The van der Waals surface area contributed by atoms with E-state index >= 15 is 0 Å². The number of ether oxygens (including phenoxy) is 4. The number of esters is 1. The zero-order chi connectivity index (χ0) is 50.8. The predicted octanol–water partition coefficient (Wildman–Crippen LogP) is 4.68. The molecule has 0 saturated heterocycles. The van der Waals surface area contributed by atoms with Crippen LogP contribution in [0.2, 0.25) is 0 Å². The van der Waals surface area contributed by atoms with Gasteiger partial charge in [-0.25, -0.2) is 14.4 Å². The van der Waals surface area contributed by atoms with Gasteiger partial charge in [0.15, 0.2) is 5.60 Å². The lowest BCUT2D eigenvalue weighted by atomic mass is 9.77. The molecule has 1 spiro atoms. The van der Waals surface area contributed by atoms with Gasteiger partial charge in [0.2, 0.25) is 23.6 Å². The van der Waals surface area contributed by atoms with Gasteiger partial charge in [0, 0.05) is 40.2 Å². The van der Waals surface area contributed by atoms with Crippen LogP contribution in [0.4, 0.5) is 21.0 Å².